The number of carbonyl (C=O) groups is 1. The average molecular weight is 465 g/mol. The number of anilines is 2. The fraction of sp³-hybridized carbons (Fsp3) is 0.385. The predicted molar refractivity (Wildman–Crippen MR) is 131 cm³/mol. The zero-order chi connectivity index (χ0) is 23.2. The van der Waals surface area contributed by atoms with E-state index in [4.69, 9.17) is 16.1 Å². The zero-order valence-electron chi connectivity index (χ0n) is 19.3. The molecule has 2 aliphatic heterocycles. The molecule has 1 spiro atoms. The summed E-state index contributed by atoms with van der Waals surface area (Å²) in [6, 6.07) is 14.4. The Balaban J connectivity index is 1.36. The van der Waals surface area contributed by atoms with E-state index >= 15 is 0 Å². The van der Waals surface area contributed by atoms with E-state index < -0.39 is 0 Å². The topological polar surface area (TPSA) is 61.6 Å². The molecule has 0 saturated carbocycles. The van der Waals surface area contributed by atoms with Gasteiger partial charge in [-0.3, -0.25) is 9.80 Å². The van der Waals surface area contributed by atoms with Crippen molar-refractivity contribution in [3.63, 3.8) is 0 Å². The van der Waals surface area contributed by atoms with Crippen molar-refractivity contribution in [3.8, 4) is 0 Å². The molecule has 3 aromatic rings. The molecule has 0 unspecified atom stereocenters. The van der Waals surface area contributed by atoms with Crippen LogP contribution in [0.1, 0.15) is 41.0 Å². The van der Waals surface area contributed by atoms with Crippen molar-refractivity contribution in [1.82, 2.24) is 10.1 Å². The minimum atomic E-state index is -0.132. The maximum absolute atomic E-state index is 13.4. The smallest absolute Gasteiger partial charge is 0.326 e. The number of piperidine rings is 1. The van der Waals surface area contributed by atoms with Gasteiger partial charge >= 0.3 is 6.03 Å². The summed E-state index contributed by atoms with van der Waals surface area (Å²) in [4.78, 5) is 17.7. The summed E-state index contributed by atoms with van der Waals surface area (Å²) in [5.41, 5.74) is 6.08. The van der Waals surface area contributed by atoms with Crippen LogP contribution in [0.2, 0.25) is 5.02 Å². The highest BCUT2D eigenvalue weighted by Crippen LogP contribution is 2.47. The molecule has 0 radical (unpaired) electrons. The normalized spacial score (nSPS) is 17.4. The quantitative estimate of drug-likeness (QED) is 0.529. The number of hydrogen-bond donors (Lipinski definition) is 1. The van der Waals surface area contributed by atoms with E-state index in [1.54, 1.807) is 0 Å². The number of nitrogens with zero attached hydrogens (tertiary/aromatic N) is 3. The molecule has 0 aliphatic carbocycles. The summed E-state index contributed by atoms with van der Waals surface area (Å²) in [7, 11) is 0. The van der Waals surface area contributed by atoms with Gasteiger partial charge in [0.15, 0.2) is 5.76 Å². The van der Waals surface area contributed by atoms with Crippen LogP contribution >= 0.6 is 11.6 Å². The molecule has 1 aromatic heterocycles. The lowest BCUT2D eigenvalue weighted by atomic mass is 9.74. The number of carbonyl (C=O) groups excluding carboxylic acids is 1. The van der Waals surface area contributed by atoms with Crippen LogP contribution in [-0.2, 0) is 12.0 Å². The molecule has 5 rings (SSSR count). The third-order valence-corrected chi connectivity index (χ3v) is 7.33. The molecule has 6 nitrogen and oxygen atoms in total. The van der Waals surface area contributed by atoms with E-state index in [9.17, 15) is 4.79 Å². The molecule has 7 heteroatoms. The van der Waals surface area contributed by atoms with Crippen molar-refractivity contribution in [1.29, 1.82) is 0 Å². The predicted octanol–water partition coefficient (Wildman–Crippen LogP) is 5.84. The molecule has 1 N–H and O–H groups in total. The minimum Gasteiger partial charge on any atom is -0.359 e. The van der Waals surface area contributed by atoms with E-state index in [-0.39, 0.29) is 11.4 Å². The summed E-state index contributed by atoms with van der Waals surface area (Å²) in [6.07, 6.45) is 2.03. The fourth-order valence-corrected chi connectivity index (χ4v) is 5.47. The largest absolute Gasteiger partial charge is 0.359 e. The first-order valence-electron chi connectivity index (χ1n) is 11.4. The third kappa shape index (κ3) is 4.13. The molecule has 2 amide bonds. The number of rotatable bonds is 3. The Morgan fingerprint density at radius 1 is 1.15 bits per heavy atom. The standard InChI is InChI=1S/C26H29ClN4O2/c1-17-7-8-23-22(13-17)26(16-31(23)25(32)28-24-18(2)29-33-19(24)3)9-11-30(12-10-26)15-20-5-4-6-21(27)14-20/h4-8,13-14H,9-12,15-16H2,1-3H3,(H,28,32). The first-order chi connectivity index (χ1) is 15.8. The molecule has 2 aliphatic rings. The molecule has 1 fully saturated rings. The van der Waals surface area contributed by atoms with E-state index in [2.05, 4.69) is 46.6 Å². The van der Waals surface area contributed by atoms with Crippen LogP contribution in [0.4, 0.5) is 16.2 Å². The van der Waals surface area contributed by atoms with Crippen molar-refractivity contribution in [2.75, 3.05) is 29.9 Å². The molecule has 172 valence electrons. The van der Waals surface area contributed by atoms with Gasteiger partial charge in [0, 0.05) is 29.2 Å². The van der Waals surface area contributed by atoms with Gasteiger partial charge in [-0.25, -0.2) is 4.79 Å². The Bertz CT molecular complexity index is 1180. The minimum absolute atomic E-state index is 0.0255. The van der Waals surface area contributed by atoms with E-state index in [0.717, 1.165) is 43.2 Å². The highest BCUT2D eigenvalue weighted by molar-refractivity contribution is 6.30. The van der Waals surface area contributed by atoms with Crippen molar-refractivity contribution >= 4 is 29.0 Å². The molecule has 0 bridgehead atoms. The van der Waals surface area contributed by atoms with Crippen LogP contribution in [-0.4, -0.2) is 35.7 Å². The van der Waals surface area contributed by atoms with Crippen LogP contribution in [0.3, 0.4) is 0 Å². The van der Waals surface area contributed by atoms with Crippen LogP contribution in [0.25, 0.3) is 0 Å². The van der Waals surface area contributed by atoms with Gasteiger partial charge in [0.2, 0.25) is 0 Å². The first kappa shape index (κ1) is 22.0. The molecule has 2 aromatic carbocycles. The molecule has 1 saturated heterocycles. The second-order valence-corrected chi connectivity index (χ2v) is 9.86. The summed E-state index contributed by atoms with van der Waals surface area (Å²) < 4.78 is 5.22. The van der Waals surface area contributed by atoms with Crippen molar-refractivity contribution < 1.29 is 9.32 Å². The highest BCUT2D eigenvalue weighted by atomic mass is 35.5. The summed E-state index contributed by atoms with van der Waals surface area (Å²) in [5.74, 6) is 0.619. The molecular formula is C26H29ClN4O2. The van der Waals surface area contributed by atoms with Gasteiger partial charge in [-0.2, -0.15) is 0 Å². The van der Waals surface area contributed by atoms with Gasteiger partial charge in [-0.05, 0) is 76.0 Å². The number of fused-ring (bicyclic) bond motifs is 2. The Kier molecular flexibility index (Phi) is 5.67. The third-order valence-electron chi connectivity index (χ3n) is 7.09. The monoisotopic (exact) mass is 464 g/mol. The molecular weight excluding hydrogens is 436 g/mol. The summed E-state index contributed by atoms with van der Waals surface area (Å²) in [5, 5.41) is 7.77. The van der Waals surface area contributed by atoms with Gasteiger partial charge in [-0.15, -0.1) is 0 Å². The molecule has 0 atom stereocenters. The van der Waals surface area contributed by atoms with E-state index in [0.29, 0.717) is 23.7 Å². The Morgan fingerprint density at radius 3 is 2.64 bits per heavy atom. The lowest BCUT2D eigenvalue weighted by molar-refractivity contribution is 0.160. The number of amides is 2. The highest BCUT2D eigenvalue weighted by Gasteiger charge is 2.46. The number of urea groups is 1. The Hall–Kier alpha value is -2.83. The van der Waals surface area contributed by atoms with Gasteiger partial charge in [-0.1, -0.05) is 46.6 Å². The maximum Gasteiger partial charge on any atom is 0.326 e. The maximum atomic E-state index is 13.4. The molecule has 3 heterocycles. The SMILES string of the molecule is Cc1ccc2c(c1)C1(CCN(Cc3cccc(Cl)c3)CC1)CN2C(=O)Nc1c(C)noc1C. The number of aryl methyl sites for hydroxylation is 3. The second kappa shape index (κ2) is 8.50. The van der Waals surface area contributed by atoms with Gasteiger partial charge < -0.3 is 9.84 Å². The lowest BCUT2D eigenvalue weighted by Gasteiger charge is -2.40. The van der Waals surface area contributed by atoms with Crippen LogP contribution in [0.5, 0.6) is 0 Å². The van der Waals surface area contributed by atoms with Gasteiger partial charge in [0.25, 0.3) is 0 Å². The van der Waals surface area contributed by atoms with Crippen LogP contribution < -0.4 is 10.2 Å². The number of likely N-dealkylation sites (tertiary alicyclic amines) is 1. The Morgan fingerprint density at radius 2 is 1.94 bits per heavy atom. The Labute approximate surface area is 199 Å². The van der Waals surface area contributed by atoms with Crippen molar-refractivity contribution in [3.05, 3.63) is 75.6 Å². The number of halogens is 1. The first-order valence-corrected chi connectivity index (χ1v) is 11.8. The van der Waals surface area contributed by atoms with Crippen LogP contribution in [0, 0.1) is 20.8 Å². The average Bonchev–Trinajstić information content (AvgIpc) is 3.27. The van der Waals surface area contributed by atoms with Crippen LogP contribution in [0.15, 0.2) is 47.0 Å². The number of benzene rings is 2. The van der Waals surface area contributed by atoms with Gasteiger partial charge in [0.1, 0.15) is 11.4 Å². The number of nitrogens with one attached hydrogen (secondary N) is 1. The summed E-state index contributed by atoms with van der Waals surface area (Å²) >= 11 is 6.18. The lowest BCUT2D eigenvalue weighted by Crippen LogP contribution is -2.46. The molecule has 33 heavy (non-hydrogen) atoms. The van der Waals surface area contributed by atoms with Crippen molar-refractivity contribution in [2.45, 2.75) is 45.6 Å². The number of hydrogen-bond acceptors (Lipinski definition) is 4. The van der Waals surface area contributed by atoms with E-state index in [1.165, 1.54) is 16.7 Å². The van der Waals surface area contributed by atoms with E-state index in [1.807, 2.05) is 36.9 Å². The number of aromatic nitrogens is 1. The zero-order valence-corrected chi connectivity index (χ0v) is 20.1. The van der Waals surface area contributed by atoms with Gasteiger partial charge in [0.05, 0.1) is 0 Å². The fourth-order valence-electron chi connectivity index (χ4n) is 5.26. The summed E-state index contributed by atoms with van der Waals surface area (Å²) in [6.45, 7) is 9.32. The second-order valence-electron chi connectivity index (χ2n) is 9.42. The van der Waals surface area contributed by atoms with Crippen molar-refractivity contribution in [2.24, 2.45) is 0 Å².